The number of esters is 1. The van der Waals surface area contributed by atoms with Gasteiger partial charge in [-0.25, -0.2) is 13.2 Å². The van der Waals surface area contributed by atoms with Gasteiger partial charge in [0.15, 0.2) is 9.84 Å². The predicted octanol–water partition coefficient (Wildman–Crippen LogP) is 3.90. The summed E-state index contributed by atoms with van der Waals surface area (Å²) in [4.78, 5) is 13.8. The van der Waals surface area contributed by atoms with Gasteiger partial charge in [0.25, 0.3) is 0 Å². The van der Waals surface area contributed by atoms with Gasteiger partial charge in [0.2, 0.25) is 0 Å². The molecular weight excluding hydrogens is 368 g/mol. The van der Waals surface area contributed by atoms with E-state index in [4.69, 9.17) is 4.74 Å². The van der Waals surface area contributed by atoms with Crippen LogP contribution in [0.25, 0.3) is 11.1 Å². The first kappa shape index (κ1) is 18.7. The van der Waals surface area contributed by atoms with E-state index in [2.05, 4.69) is 0 Å². The van der Waals surface area contributed by atoms with Gasteiger partial charge < -0.3 is 4.74 Å². The van der Waals surface area contributed by atoms with E-state index >= 15 is 0 Å². The minimum Gasteiger partial charge on any atom is -0.457 e. The standard InChI is InChI=1S/C20H20O4S2/c1-12-9-15(5-7-17(12)25-3)19-16(11-24-20(19)21)14-6-8-18(13(2)10-14)26(4,22)23/h5-10H,11H2,1-4H3. The summed E-state index contributed by atoms with van der Waals surface area (Å²) in [6, 6.07) is 11.1. The van der Waals surface area contributed by atoms with Gasteiger partial charge in [-0.05, 0) is 54.5 Å². The van der Waals surface area contributed by atoms with E-state index in [0.29, 0.717) is 16.0 Å². The second-order valence-electron chi connectivity index (χ2n) is 6.37. The molecule has 0 aliphatic carbocycles. The zero-order valence-electron chi connectivity index (χ0n) is 15.1. The molecule has 0 saturated carbocycles. The van der Waals surface area contributed by atoms with Crippen LogP contribution in [0.1, 0.15) is 22.3 Å². The van der Waals surface area contributed by atoms with Crippen molar-refractivity contribution in [1.82, 2.24) is 0 Å². The molecule has 0 aromatic heterocycles. The normalized spacial score (nSPS) is 14.7. The first-order chi connectivity index (χ1) is 12.2. The molecule has 0 radical (unpaired) electrons. The van der Waals surface area contributed by atoms with Crippen LogP contribution in [0.5, 0.6) is 0 Å². The van der Waals surface area contributed by atoms with Crippen LogP contribution in [0.3, 0.4) is 0 Å². The quantitative estimate of drug-likeness (QED) is 0.587. The molecule has 1 heterocycles. The lowest BCUT2D eigenvalue weighted by atomic mass is 9.95. The summed E-state index contributed by atoms with van der Waals surface area (Å²) in [5.41, 5.74) is 4.72. The number of hydrogen-bond acceptors (Lipinski definition) is 5. The maximum atomic E-state index is 12.4. The maximum absolute atomic E-state index is 12.4. The first-order valence-electron chi connectivity index (χ1n) is 8.08. The van der Waals surface area contributed by atoms with E-state index in [0.717, 1.165) is 27.2 Å². The fourth-order valence-corrected chi connectivity index (χ4v) is 4.76. The number of cyclic esters (lactones) is 1. The topological polar surface area (TPSA) is 60.4 Å². The van der Waals surface area contributed by atoms with Crippen LogP contribution in [0, 0.1) is 13.8 Å². The Morgan fingerprint density at radius 2 is 1.65 bits per heavy atom. The van der Waals surface area contributed by atoms with Crippen LogP contribution in [-0.4, -0.2) is 33.5 Å². The van der Waals surface area contributed by atoms with Crippen LogP contribution in [-0.2, 0) is 19.4 Å². The summed E-state index contributed by atoms with van der Waals surface area (Å²) in [7, 11) is -3.28. The van der Waals surface area contributed by atoms with Crippen molar-refractivity contribution in [3.63, 3.8) is 0 Å². The van der Waals surface area contributed by atoms with Crippen molar-refractivity contribution in [1.29, 1.82) is 0 Å². The van der Waals surface area contributed by atoms with Crippen molar-refractivity contribution in [3.8, 4) is 0 Å². The summed E-state index contributed by atoms with van der Waals surface area (Å²) < 4.78 is 28.9. The number of carbonyl (C=O) groups is 1. The van der Waals surface area contributed by atoms with Gasteiger partial charge in [0.05, 0.1) is 10.5 Å². The average molecular weight is 389 g/mol. The molecular formula is C20H20O4S2. The highest BCUT2D eigenvalue weighted by Gasteiger charge is 2.28. The molecule has 0 fully saturated rings. The summed E-state index contributed by atoms with van der Waals surface area (Å²) in [5, 5.41) is 0. The van der Waals surface area contributed by atoms with Crippen molar-refractivity contribution in [2.24, 2.45) is 0 Å². The van der Waals surface area contributed by atoms with Crippen molar-refractivity contribution in [2.75, 3.05) is 19.1 Å². The maximum Gasteiger partial charge on any atom is 0.339 e. The monoisotopic (exact) mass is 388 g/mol. The minimum atomic E-state index is -3.28. The second kappa shape index (κ2) is 6.93. The zero-order chi connectivity index (χ0) is 19.1. The smallest absolute Gasteiger partial charge is 0.339 e. The van der Waals surface area contributed by atoms with Gasteiger partial charge in [-0.2, -0.15) is 0 Å². The molecule has 4 nitrogen and oxygen atoms in total. The SMILES string of the molecule is CSc1ccc(C2=C(c3ccc(S(C)(=O)=O)c(C)c3)COC2=O)cc1C. The van der Waals surface area contributed by atoms with E-state index in [1.54, 1.807) is 36.9 Å². The third-order valence-electron chi connectivity index (χ3n) is 4.46. The largest absolute Gasteiger partial charge is 0.457 e. The molecule has 1 aliphatic rings. The highest BCUT2D eigenvalue weighted by molar-refractivity contribution is 7.98. The van der Waals surface area contributed by atoms with Crippen LogP contribution in [0.4, 0.5) is 0 Å². The van der Waals surface area contributed by atoms with E-state index in [1.165, 1.54) is 6.26 Å². The third kappa shape index (κ3) is 3.44. The molecule has 3 rings (SSSR count). The molecule has 0 spiro atoms. The molecule has 1 aliphatic heterocycles. The molecule has 2 aromatic rings. The Kier molecular flexibility index (Phi) is 4.99. The number of carbonyl (C=O) groups excluding carboxylic acids is 1. The highest BCUT2D eigenvalue weighted by atomic mass is 32.2. The van der Waals surface area contributed by atoms with Crippen LogP contribution in [0.2, 0.25) is 0 Å². The van der Waals surface area contributed by atoms with E-state index in [1.807, 2.05) is 31.4 Å². The Bertz CT molecular complexity index is 1030. The molecule has 0 saturated heterocycles. The first-order valence-corrected chi connectivity index (χ1v) is 11.2. The molecule has 6 heteroatoms. The van der Waals surface area contributed by atoms with E-state index in [-0.39, 0.29) is 12.6 Å². The average Bonchev–Trinajstić information content (AvgIpc) is 2.95. The zero-order valence-corrected chi connectivity index (χ0v) is 16.8. The molecule has 26 heavy (non-hydrogen) atoms. The van der Waals surface area contributed by atoms with E-state index < -0.39 is 9.84 Å². The number of ether oxygens (including phenoxy) is 1. The number of rotatable bonds is 4. The second-order valence-corrected chi connectivity index (χ2v) is 9.20. The Morgan fingerprint density at radius 3 is 2.23 bits per heavy atom. The number of sulfone groups is 1. The van der Waals surface area contributed by atoms with Gasteiger partial charge in [-0.15, -0.1) is 11.8 Å². The van der Waals surface area contributed by atoms with Crippen molar-refractivity contribution in [3.05, 3.63) is 58.7 Å². The molecule has 136 valence electrons. The van der Waals surface area contributed by atoms with Crippen LogP contribution in [0.15, 0.2) is 46.2 Å². The van der Waals surface area contributed by atoms with Gasteiger partial charge in [0, 0.05) is 16.7 Å². The van der Waals surface area contributed by atoms with Gasteiger partial charge >= 0.3 is 5.97 Å². The van der Waals surface area contributed by atoms with Crippen molar-refractivity contribution in [2.45, 2.75) is 23.6 Å². The van der Waals surface area contributed by atoms with Gasteiger partial charge in [0.1, 0.15) is 6.61 Å². The fraction of sp³-hybridized carbons (Fsp3) is 0.250. The Labute approximate surface area is 158 Å². The van der Waals surface area contributed by atoms with Crippen molar-refractivity contribution >= 4 is 38.7 Å². The fourth-order valence-electron chi connectivity index (χ4n) is 3.21. The number of thioether (sulfide) groups is 1. The Morgan fingerprint density at radius 1 is 1.00 bits per heavy atom. The van der Waals surface area contributed by atoms with E-state index in [9.17, 15) is 13.2 Å². The summed E-state index contributed by atoms with van der Waals surface area (Å²) in [5.74, 6) is -0.346. The molecule has 0 N–H and O–H groups in total. The molecule has 0 unspecified atom stereocenters. The molecule has 0 bridgehead atoms. The molecule has 0 amide bonds. The molecule has 2 aromatic carbocycles. The third-order valence-corrected chi connectivity index (χ3v) is 6.61. The molecule has 0 atom stereocenters. The van der Waals surface area contributed by atoms with Gasteiger partial charge in [-0.3, -0.25) is 0 Å². The van der Waals surface area contributed by atoms with Crippen LogP contribution < -0.4 is 0 Å². The Balaban J connectivity index is 2.14. The van der Waals surface area contributed by atoms with Crippen LogP contribution >= 0.6 is 11.8 Å². The lowest BCUT2D eigenvalue weighted by molar-refractivity contribution is -0.133. The number of aryl methyl sites for hydroxylation is 2. The highest BCUT2D eigenvalue weighted by Crippen LogP contribution is 2.35. The Hall–Kier alpha value is -2.05. The minimum absolute atomic E-state index is 0.190. The number of hydrogen-bond donors (Lipinski definition) is 0. The summed E-state index contributed by atoms with van der Waals surface area (Å²) in [6.45, 7) is 3.96. The van der Waals surface area contributed by atoms with Crippen molar-refractivity contribution < 1.29 is 17.9 Å². The summed E-state index contributed by atoms with van der Waals surface area (Å²) in [6.07, 6.45) is 3.21. The number of benzene rings is 2. The lowest BCUT2D eigenvalue weighted by Gasteiger charge is -2.10. The lowest BCUT2D eigenvalue weighted by Crippen LogP contribution is -2.01. The van der Waals surface area contributed by atoms with Gasteiger partial charge in [-0.1, -0.05) is 24.3 Å². The summed E-state index contributed by atoms with van der Waals surface area (Å²) >= 11 is 1.66. The predicted molar refractivity (Wildman–Crippen MR) is 105 cm³/mol.